The number of hydrogen-bond donors (Lipinski definition) is 1. The highest BCUT2D eigenvalue weighted by Crippen LogP contribution is 2.25. The van der Waals surface area contributed by atoms with Gasteiger partial charge in [0, 0.05) is 13.0 Å². The van der Waals surface area contributed by atoms with E-state index in [-0.39, 0.29) is 5.91 Å². The summed E-state index contributed by atoms with van der Waals surface area (Å²) in [4.78, 5) is 18.8. The maximum absolute atomic E-state index is 11.9. The molecule has 0 aromatic carbocycles. The van der Waals surface area contributed by atoms with Crippen molar-refractivity contribution in [2.45, 2.75) is 25.7 Å². The zero-order valence-electron chi connectivity index (χ0n) is 9.61. The second kappa shape index (κ2) is 5.80. The van der Waals surface area contributed by atoms with Crippen molar-refractivity contribution in [2.24, 2.45) is 5.73 Å². The number of carbonyl (C=O) groups excluding carboxylic acids is 1. The lowest BCUT2D eigenvalue weighted by Gasteiger charge is -2.16. The van der Waals surface area contributed by atoms with Crippen LogP contribution in [0.3, 0.4) is 0 Å². The van der Waals surface area contributed by atoms with Gasteiger partial charge in [0.2, 0.25) is 5.91 Å². The van der Waals surface area contributed by atoms with Gasteiger partial charge in [-0.15, -0.1) is 0 Å². The minimum Gasteiger partial charge on any atom is -0.320 e. The Labute approximate surface area is 105 Å². The second-order valence-electron chi connectivity index (χ2n) is 3.87. The molecule has 2 heterocycles. The lowest BCUT2D eigenvalue weighted by atomic mass is 10.2. The zero-order valence-corrected chi connectivity index (χ0v) is 10.4. The lowest BCUT2D eigenvalue weighted by molar-refractivity contribution is -0.118. The topological polar surface area (TPSA) is 59.2 Å². The molecule has 1 fully saturated rings. The predicted octanol–water partition coefficient (Wildman–Crippen LogP) is 1.36. The fraction of sp³-hybridized carbons (Fsp3) is 0.500. The molecule has 4 nitrogen and oxygen atoms in total. The van der Waals surface area contributed by atoms with Crippen LogP contribution in [-0.4, -0.2) is 24.0 Å². The van der Waals surface area contributed by atoms with Crippen molar-refractivity contribution in [1.82, 2.24) is 4.98 Å². The summed E-state index contributed by atoms with van der Waals surface area (Å²) in [5.41, 5.74) is 5.31. The summed E-state index contributed by atoms with van der Waals surface area (Å²) >= 11 is 1.46. The molecule has 1 aromatic heterocycles. The first kappa shape index (κ1) is 12.1. The van der Waals surface area contributed by atoms with Gasteiger partial charge in [-0.05, 0) is 12.8 Å². The van der Waals surface area contributed by atoms with Crippen molar-refractivity contribution in [2.75, 3.05) is 18.0 Å². The van der Waals surface area contributed by atoms with Gasteiger partial charge >= 0.3 is 0 Å². The summed E-state index contributed by atoms with van der Waals surface area (Å²) in [6.45, 7) is 1.12. The average molecular weight is 249 g/mol. The van der Waals surface area contributed by atoms with E-state index in [1.165, 1.54) is 11.3 Å². The summed E-state index contributed by atoms with van der Waals surface area (Å²) in [6.07, 6.45) is 5.49. The van der Waals surface area contributed by atoms with Gasteiger partial charge in [0.25, 0.3) is 0 Å². The van der Waals surface area contributed by atoms with Gasteiger partial charge in [-0.1, -0.05) is 29.6 Å². The number of thiazole rings is 1. The Kier molecular flexibility index (Phi) is 4.13. The minimum atomic E-state index is 0.176. The molecule has 0 unspecified atom stereocenters. The normalized spacial score (nSPS) is 16.3. The van der Waals surface area contributed by atoms with Crippen molar-refractivity contribution in [3.05, 3.63) is 11.1 Å². The Bertz CT molecular complexity index is 458. The minimum absolute atomic E-state index is 0.176. The summed E-state index contributed by atoms with van der Waals surface area (Å²) in [5.74, 6) is 5.90. The molecule has 1 amide bonds. The van der Waals surface area contributed by atoms with E-state index in [9.17, 15) is 4.79 Å². The van der Waals surface area contributed by atoms with Crippen LogP contribution in [0.1, 0.15) is 30.6 Å². The largest absolute Gasteiger partial charge is 0.320 e. The quantitative estimate of drug-likeness (QED) is 0.764. The molecule has 1 aliphatic rings. The fourth-order valence-electron chi connectivity index (χ4n) is 1.77. The van der Waals surface area contributed by atoms with E-state index in [4.69, 9.17) is 5.73 Å². The standard InChI is InChI=1S/C12H15N3OS/c13-7-4-5-10-9-14-12(17-10)15-8-3-1-2-6-11(15)16/h9H,1-3,6-8,13H2. The molecule has 17 heavy (non-hydrogen) atoms. The third kappa shape index (κ3) is 3.05. The van der Waals surface area contributed by atoms with Gasteiger partial charge in [-0.3, -0.25) is 9.69 Å². The first-order valence-corrected chi connectivity index (χ1v) is 6.58. The van der Waals surface area contributed by atoms with E-state index in [1.54, 1.807) is 11.1 Å². The number of nitrogens with zero attached hydrogens (tertiary/aromatic N) is 2. The van der Waals surface area contributed by atoms with Crippen molar-refractivity contribution < 1.29 is 4.79 Å². The highest BCUT2D eigenvalue weighted by atomic mass is 32.1. The zero-order chi connectivity index (χ0) is 12.1. The molecule has 1 aliphatic heterocycles. The van der Waals surface area contributed by atoms with Crippen LogP contribution in [0.4, 0.5) is 5.13 Å². The molecule has 2 rings (SSSR count). The number of nitrogens with two attached hydrogens (primary N) is 1. The molecular formula is C12H15N3OS. The van der Waals surface area contributed by atoms with Crippen LogP contribution in [0.15, 0.2) is 6.20 Å². The number of carbonyl (C=O) groups is 1. The molecule has 0 radical (unpaired) electrons. The summed E-state index contributed by atoms with van der Waals surface area (Å²) in [7, 11) is 0. The number of hydrogen-bond acceptors (Lipinski definition) is 4. The molecule has 1 aromatic rings. The van der Waals surface area contributed by atoms with E-state index in [1.807, 2.05) is 0 Å². The fourth-order valence-corrected chi connectivity index (χ4v) is 2.60. The van der Waals surface area contributed by atoms with Crippen LogP contribution in [-0.2, 0) is 4.79 Å². The van der Waals surface area contributed by atoms with E-state index >= 15 is 0 Å². The van der Waals surface area contributed by atoms with Gasteiger partial charge in [0.1, 0.15) is 0 Å². The Hall–Kier alpha value is -1.38. The first-order valence-electron chi connectivity index (χ1n) is 5.76. The van der Waals surface area contributed by atoms with Gasteiger partial charge in [-0.25, -0.2) is 4.98 Å². The molecule has 5 heteroatoms. The van der Waals surface area contributed by atoms with Crippen molar-refractivity contribution in [3.63, 3.8) is 0 Å². The molecule has 90 valence electrons. The SMILES string of the molecule is NCC#Cc1cnc(N2CCCCCC2=O)s1. The summed E-state index contributed by atoms with van der Waals surface area (Å²) < 4.78 is 0. The summed E-state index contributed by atoms with van der Waals surface area (Å²) in [6, 6.07) is 0. The Morgan fingerprint density at radius 3 is 3.18 bits per heavy atom. The van der Waals surface area contributed by atoms with Crippen molar-refractivity contribution in [3.8, 4) is 11.8 Å². The molecular weight excluding hydrogens is 234 g/mol. The first-order chi connectivity index (χ1) is 8.31. The molecule has 0 bridgehead atoms. The van der Waals surface area contributed by atoms with E-state index in [0.717, 1.165) is 35.8 Å². The third-order valence-corrected chi connectivity index (χ3v) is 3.55. The molecule has 1 saturated heterocycles. The number of rotatable bonds is 1. The van der Waals surface area contributed by atoms with Gasteiger partial charge in [0.05, 0.1) is 17.6 Å². The van der Waals surface area contributed by atoms with E-state index < -0.39 is 0 Å². The van der Waals surface area contributed by atoms with Crippen LogP contribution in [0.5, 0.6) is 0 Å². The van der Waals surface area contributed by atoms with Crippen molar-refractivity contribution in [1.29, 1.82) is 0 Å². The molecule has 0 saturated carbocycles. The molecule has 0 spiro atoms. The van der Waals surface area contributed by atoms with Gasteiger partial charge in [0.15, 0.2) is 5.13 Å². The summed E-state index contributed by atoms with van der Waals surface area (Å²) in [5, 5.41) is 0.762. The highest BCUT2D eigenvalue weighted by molar-refractivity contribution is 7.16. The van der Waals surface area contributed by atoms with Gasteiger partial charge in [-0.2, -0.15) is 0 Å². The predicted molar refractivity (Wildman–Crippen MR) is 68.9 cm³/mol. The third-order valence-electron chi connectivity index (χ3n) is 2.61. The molecule has 0 aliphatic carbocycles. The number of amides is 1. The highest BCUT2D eigenvalue weighted by Gasteiger charge is 2.20. The maximum atomic E-state index is 11.9. The smallest absolute Gasteiger partial charge is 0.228 e. The molecule has 2 N–H and O–H groups in total. The lowest BCUT2D eigenvalue weighted by Crippen LogP contribution is -2.29. The maximum Gasteiger partial charge on any atom is 0.228 e. The number of aromatic nitrogens is 1. The van der Waals surface area contributed by atoms with E-state index in [0.29, 0.717) is 13.0 Å². The van der Waals surface area contributed by atoms with Crippen LogP contribution in [0, 0.1) is 11.8 Å². The Morgan fingerprint density at radius 2 is 2.35 bits per heavy atom. The van der Waals surface area contributed by atoms with Crippen LogP contribution in [0.25, 0.3) is 0 Å². The number of anilines is 1. The van der Waals surface area contributed by atoms with Crippen LogP contribution >= 0.6 is 11.3 Å². The van der Waals surface area contributed by atoms with Crippen LogP contribution < -0.4 is 10.6 Å². The Balaban J connectivity index is 2.15. The Morgan fingerprint density at radius 1 is 1.47 bits per heavy atom. The van der Waals surface area contributed by atoms with Crippen molar-refractivity contribution >= 4 is 22.4 Å². The average Bonchev–Trinajstić information content (AvgIpc) is 2.69. The second-order valence-corrected chi connectivity index (χ2v) is 4.88. The van der Waals surface area contributed by atoms with E-state index in [2.05, 4.69) is 16.8 Å². The van der Waals surface area contributed by atoms with Gasteiger partial charge < -0.3 is 5.73 Å². The van der Waals surface area contributed by atoms with Crippen LogP contribution in [0.2, 0.25) is 0 Å². The monoisotopic (exact) mass is 249 g/mol. The molecule has 0 atom stereocenters.